The van der Waals surface area contributed by atoms with E-state index >= 15 is 0 Å². The van der Waals surface area contributed by atoms with Crippen LogP contribution in [0.25, 0.3) is 0 Å². The normalized spacial score (nSPS) is 13.9. The Morgan fingerprint density at radius 1 is 1.45 bits per heavy atom. The van der Waals surface area contributed by atoms with Gasteiger partial charge in [0.2, 0.25) is 0 Å². The van der Waals surface area contributed by atoms with Crippen molar-refractivity contribution in [2.24, 2.45) is 0 Å². The first-order valence-corrected chi connectivity index (χ1v) is 6.51. The second-order valence-corrected chi connectivity index (χ2v) is 4.73. The fourth-order valence-corrected chi connectivity index (χ4v) is 2.31. The van der Waals surface area contributed by atoms with Crippen LogP contribution in [0.4, 0.5) is 11.4 Å². The summed E-state index contributed by atoms with van der Waals surface area (Å²) in [7, 11) is 0. The molecule has 6 heteroatoms. The number of hydrogen-bond donors (Lipinski definition) is 2. The van der Waals surface area contributed by atoms with Gasteiger partial charge in [-0.25, -0.2) is 4.79 Å². The molecule has 1 aromatic carbocycles. The maximum atomic E-state index is 10.9. The largest absolute Gasteiger partial charge is 0.477 e. The van der Waals surface area contributed by atoms with Crippen molar-refractivity contribution < 1.29 is 14.8 Å². The lowest BCUT2D eigenvalue weighted by atomic mass is 10.1. The number of carboxylic acids is 1. The lowest BCUT2D eigenvalue weighted by Gasteiger charge is -2.07. The first-order valence-electron chi connectivity index (χ1n) is 6.51. The van der Waals surface area contributed by atoms with E-state index in [2.05, 4.69) is 11.4 Å². The summed E-state index contributed by atoms with van der Waals surface area (Å²) in [5.74, 6) is -1.29. The van der Waals surface area contributed by atoms with Crippen LogP contribution in [0.1, 0.15) is 36.0 Å². The number of carbonyl (C=O) groups is 1. The number of nitro groups is 1. The lowest BCUT2D eigenvalue weighted by molar-refractivity contribution is -0.385. The Balaban J connectivity index is 2.03. The third kappa shape index (κ3) is 3.34. The predicted molar refractivity (Wildman–Crippen MR) is 75.1 cm³/mol. The number of benzene rings is 1. The third-order valence-corrected chi connectivity index (χ3v) is 3.34. The minimum atomic E-state index is -1.29. The molecule has 1 aliphatic rings. The van der Waals surface area contributed by atoms with Gasteiger partial charge in [0.05, 0.1) is 4.92 Å². The molecule has 2 N–H and O–H groups in total. The molecule has 0 aliphatic heterocycles. The van der Waals surface area contributed by atoms with E-state index in [1.54, 1.807) is 6.07 Å². The Morgan fingerprint density at radius 3 is 2.85 bits per heavy atom. The van der Waals surface area contributed by atoms with Gasteiger partial charge in [0.15, 0.2) is 0 Å². The van der Waals surface area contributed by atoms with Crippen LogP contribution in [0.15, 0.2) is 29.8 Å². The zero-order valence-corrected chi connectivity index (χ0v) is 11.0. The van der Waals surface area contributed by atoms with Gasteiger partial charge in [-0.15, -0.1) is 0 Å². The summed E-state index contributed by atoms with van der Waals surface area (Å²) in [5, 5.41) is 22.9. The minimum Gasteiger partial charge on any atom is -0.477 e. The van der Waals surface area contributed by atoms with Gasteiger partial charge in [-0.1, -0.05) is 11.6 Å². The van der Waals surface area contributed by atoms with Gasteiger partial charge in [0.1, 0.15) is 5.56 Å². The van der Waals surface area contributed by atoms with Gasteiger partial charge >= 0.3 is 5.97 Å². The molecule has 0 saturated heterocycles. The molecule has 0 fully saturated rings. The highest BCUT2D eigenvalue weighted by Crippen LogP contribution is 2.24. The van der Waals surface area contributed by atoms with E-state index in [0.29, 0.717) is 12.2 Å². The summed E-state index contributed by atoms with van der Waals surface area (Å²) < 4.78 is 0. The summed E-state index contributed by atoms with van der Waals surface area (Å²) in [6.45, 7) is 0.690. The molecule has 0 amide bonds. The molecule has 106 valence electrons. The van der Waals surface area contributed by atoms with Crippen molar-refractivity contribution >= 4 is 17.3 Å². The third-order valence-electron chi connectivity index (χ3n) is 3.34. The summed E-state index contributed by atoms with van der Waals surface area (Å²) in [6, 6.07) is 4.09. The quantitative estimate of drug-likeness (QED) is 0.473. The number of aromatic carboxylic acids is 1. The average molecular weight is 276 g/mol. The summed E-state index contributed by atoms with van der Waals surface area (Å²) >= 11 is 0. The van der Waals surface area contributed by atoms with Gasteiger partial charge in [0, 0.05) is 18.3 Å². The van der Waals surface area contributed by atoms with E-state index in [4.69, 9.17) is 5.11 Å². The van der Waals surface area contributed by atoms with Crippen molar-refractivity contribution in [1.29, 1.82) is 0 Å². The Labute approximate surface area is 116 Å². The Kier molecular flexibility index (Phi) is 4.34. The molecular formula is C14H16N2O4. The Morgan fingerprint density at radius 2 is 2.25 bits per heavy atom. The highest BCUT2D eigenvalue weighted by molar-refractivity contribution is 5.93. The van der Waals surface area contributed by atoms with Crippen LogP contribution in [0, 0.1) is 10.1 Å². The molecule has 0 bridgehead atoms. The van der Waals surface area contributed by atoms with E-state index < -0.39 is 10.9 Å². The van der Waals surface area contributed by atoms with Crippen LogP contribution in [0.3, 0.4) is 0 Å². The summed E-state index contributed by atoms with van der Waals surface area (Å²) in [4.78, 5) is 21.1. The van der Waals surface area contributed by atoms with Crippen LogP contribution in [0.2, 0.25) is 0 Å². The lowest BCUT2D eigenvalue weighted by Crippen LogP contribution is -2.06. The Bertz CT molecular complexity index is 566. The molecular weight excluding hydrogens is 260 g/mol. The fraction of sp³-hybridized carbons (Fsp3) is 0.357. The summed E-state index contributed by atoms with van der Waals surface area (Å²) in [6.07, 6.45) is 6.61. The zero-order chi connectivity index (χ0) is 14.5. The van der Waals surface area contributed by atoms with E-state index in [1.807, 2.05) is 0 Å². The molecule has 0 spiro atoms. The number of anilines is 1. The van der Waals surface area contributed by atoms with Crippen molar-refractivity contribution in [3.05, 3.63) is 45.5 Å². The molecule has 0 heterocycles. The minimum absolute atomic E-state index is 0.293. The molecule has 0 saturated carbocycles. The van der Waals surface area contributed by atoms with Crippen molar-refractivity contribution in [1.82, 2.24) is 0 Å². The highest BCUT2D eigenvalue weighted by atomic mass is 16.6. The number of nitrogens with zero attached hydrogens (tertiary/aromatic N) is 1. The molecule has 2 rings (SSSR count). The molecule has 1 aromatic rings. The number of carboxylic acid groups (broad SMARTS) is 1. The molecule has 0 atom stereocenters. The number of rotatable bonds is 6. The van der Waals surface area contributed by atoms with Gasteiger partial charge in [-0.05, 0) is 37.8 Å². The van der Waals surface area contributed by atoms with Crippen molar-refractivity contribution in [2.75, 3.05) is 11.9 Å². The maximum absolute atomic E-state index is 10.9. The molecule has 20 heavy (non-hydrogen) atoms. The maximum Gasteiger partial charge on any atom is 0.342 e. The SMILES string of the molecule is O=C(O)c1ccc(NCCC2=CCCC2)cc1[N+](=O)[O-]. The summed E-state index contributed by atoms with van der Waals surface area (Å²) in [5.41, 5.74) is 1.30. The van der Waals surface area contributed by atoms with E-state index in [1.165, 1.54) is 24.1 Å². The number of hydrogen-bond acceptors (Lipinski definition) is 4. The molecule has 6 nitrogen and oxygen atoms in total. The van der Waals surface area contributed by atoms with Gasteiger partial charge < -0.3 is 10.4 Å². The van der Waals surface area contributed by atoms with Crippen molar-refractivity contribution in [3.63, 3.8) is 0 Å². The van der Waals surface area contributed by atoms with Gasteiger partial charge in [-0.3, -0.25) is 10.1 Å². The Hall–Kier alpha value is -2.37. The van der Waals surface area contributed by atoms with E-state index in [9.17, 15) is 14.9 Å². The van der Waals surface area contributed by atoms with Crippen molar-refractivity contribution in [2.45, 2.75) is 25.7 Å². The second-order valence-electron chi connectivity index (χ2n) is 4.73. The van der Waals surface area contributed by atoms with E-state index in [-0.39, 0.29) is 11.3 Å². The zero-order valence-electron chi connectivity index (χ0n) is 11.0. The van der Waals surface area contributed by atoms with Gasteiger partial charge in [0.25, 0.3) is 5.69 Å². The number of nitro benzene ring substituents is 1. The van der Waals surface area contributed by atoms with Crippen molar-refractivity contribution in [3.8, 4) is 0 Å². The molecule has 0 unspecified atom stereocenters. The van der Waals surface area contributed by atoms with Crippen LogP contribution in [0.5, 0.6) is 0 Å². The first kappa shape index (κ1) is 14.0. The van der Waals surface area contributed by atoms with Crippen LogP contribution in [-0.4, -0.2) is 22.5 Å². The highest BCUT2D eigenvalue weighted by Gasteiger charge is 2.19. The van der Waals surface area contributed by atoms with Crippen LogP contribution >= 0.6 is 0 Å². The smallest absolute Gasteiger partial charge is 0.342 e. The molecule has 1 aliphatic carbocycles. The fourth-order valence-electron chi connectivity index (χ4n) is 2.31. The van der Waals surface area contributed by atoms with Gasteiger partial charge in [-0.2, -0.15) is 0 Å². The van der Waals surface area contributed by atoms with Crippen LogP contribution in [-0.2, 0) is 0 Å². The van der Waals surface area contributed by atoms with E-state index in [0.717, 1.165) is 19.3 Å². The number of nitrogens with one attached hydrogen (secondary N) is 1. The first-order chi connectivity index (χ1) is 9.58. The predicted octanol–water partition coefficient (Wildman–Crippen LogP) is 3.21. The number of allylic oxidation sites excluding steroid dienone is 1. The average Bonchev–Trinajstić information content (AvgIpc) is 2.91. The van der Waals surface area contributed by atoms with Crippen LogP contribution < -0.4 is 5.32 Å². The topological polar surface area (TPSA) is 92.5 Å². The standard InChI is InChI=1S/C14H16N2O4/c17-14(18)12-6-5-11(9-13(12)16(19)20)15-8-7-10-3-1-2-4-10/h3,5-6,9,15H,1-2,4,7-8H2,(H,17,18). The molecule has 0 aromatic heterocycles. The monoisotopic (exact) mass is 276 g/mol. The molecule has 0 radical (unpaired) electrons. The second kappa shape index (κ2) is 6.18.